The first-order valence-corrected chi connectivity index (χ1v) is 8.23. The summed E-state index contributed by atoms with van der Waals surface area (Å²) in [5, 5.41) is 0. The predicted molar refractivity (Wildman–Crippen MR) is 85.5 cm³/mol. The van der Waals surface area contributed by atoms with Gasteiger partial charge in [0, 0.05) is 29.8 Å². The standard InChI is InChI=1S/C16H12F3N3O3S/c17-16(18,19)14-9-22(15(21-14)12-2-1-7-20-8-12)13-5-3-11(4-6-13)10-25-26(23)24/h1-9H,10H2,(H,23,24)/p-1. The first kappa shape index (κ1) is 18.2. The number of nitrogens with zero attached hydrogens (tertiary/aromatic N) is 3. The van der Waals surface area contributed by atoms with Gasteiger partial charge in [0.15, 0.2) is 5.69 Å². The van der Waals surface area contributed by atoms with Crippen LogP contribution in [0.4, 0.5) is 13.2 Å². The molecule has 1 atom stereocenters. The van der Waals surface area contributed by atoms with Crippen molar-refractivity contribution in [2.24, 2.45) is 0 Å². The minimum atomic E-state index is -4.59. The number of hydrogen-bond donors (Lipinski definition) is 0. The molecule has 2 aromatic heterocycles. The van der Waals surface area contributed by atoms with Crippen molar-refractivity contribution in [2.75, 3.05) is 0 Å². The molecule has 10 heteroatoms. The maximum Gasteiger partial charge on any atom is 0.434 e. The third-order valence-electron chi connectivity index (χ3n) is 3.45. The SMILES string of the molecule is O=S([O-])OCc1ccc(-n2cc(C(F)(F)F)nc2-c2cccnc2)cc1. The molecule has 3 rings (SSSR count). The molecule has 0 N–H and O–H groups in total. The summed E-state index contributed by atoms with van der Waals surface area (Å²) in [5.74, 6) is 0.0927. The monoisotopic (exact) mass is 382 g/mol. The Hall–Kier alpha value is -2.56. The maximum atomic E-state index is 13.1. The lowest BCUT2D eigenvalue weighted by molar-refractivity contribution is -0.140. The van der Waals surface area contributed by atoms with Gasteiger partial charge in [-0.25, -0.2) is 9.19 Å². The van der Waals surface area contributed by atoms with Crippen LogP contribution in [-0.2, 0) is 28.3 Å². The van der Waals surface area contributed by atoms with Crippen LogP contribution in [0.3, 0.4) is 0 Å². The zero-order valence-corrected chi connectivity index (χ0v) is 13.8. The second-order valence-electron chi connectivity index (χ2n) is 5.19. The van der Waals surface area contributed by atoms with Crippen LogP contribution in [0.5, 0.6) is 0 Å². The number of rotatable bonds is 5. The van der Waals surface area contributed by atoms with E-state index < -0.39 is 23.2 Å². The van der Waals surface area contributed by atoms with Gasteiger partial charge in [-0.05, 0) is 29.8 Å². The first-order chi connectivity index (χ1) is 12.3. The normalized spacial score (nSPS) is 12.9. The van der Waals surface area contributed by atoms with Gasteiger partial charge in [-0.3, -0.25) is 13.7 Å². The molecule has 0 aliphatic carbocycles. The highest BCUT2D eigenvalue weighted by Crippen LogP contribution is 2.32. The highest BCUT2D eigenvalue weighted by atomic mass is 32.2. The molecule has 0 spiro atoms. The Balaban J connectivity index is 2.00. The molecule has 0 radical (unpaired) electrons. The van der Waals surface area contributed by atoms with Crippen molar-refractivity contribution >= 4 is 11.4 Å². The lowest BCUT2D eigenvalue weighted by Crippen LogP contribution is -2.05. The van der Waals surface area contributed by atoms with Crippen molar-refractivity contribution in [3.8, 4) is 17.1 Å². The highest BCUT2D eigenvalue weighted by molar-refractivity contribution is 7.74. The summed E-state index contributed by atoms with van der Waals surface area (Å²) in [7, 11) is 0. The van der Waals surface area contributed by atoms with Crippen molar-refractivity contribution in [3.63, 3.8) is 0 Å². The van der Waals surface area contributed by atoms with Crippen molar-refractivity contribution < 1.29 is 26.1 Å². The number of imidazole rings is 1. The Morgan fingerprint density at radius 2 is 1.92 bits per heavy atom. The predicted octanol–water partition coefficient (Wildman–Crippen LogP) is 3.26. The molecule has 0 aliphatic heterocycles. The molecule has 0 bridgehead atoms. The lowest BCUT2D eigenvalue weighted by atomic mass is 10.2. The number of aromatic nitrogens is 3. The second kappa shape index (κ2) is 7.36. The van der Waals surface area contributed by atoms with E-state index in [9.17, 15) is 21.9 Å². The molecule has 0 aliphatic rings. The molecule has 2 heterocycles. The van der Waals surface area contributed by atoms with Crippen LogP contribution < -0.4 is 0 Å². The number of alkyl halides is 3. The zero-order chi connectivity index (χ0) is 18.7. The van der Waals surface area contributed by atoms with E-state index in [1.165, 1.54) is 17.0 Å². The fourth-order valence-electron chi connectivity index (χ4n) is 2.28. The summed E-state index contributed by atoms with van der Waals surface area (Å²) in [6.45, 7) is -0.163. The third kappa shape index (κ3) is 4.15. The maximum absolute atomic E-state index is 13.1. The van der Waals surface area contributed by atoms with Gasteiger partial charge in [0.2, 0.25) is 0 Å². The molecule has 1 aromatic carbocycles. The fraction of sp³-hybridized carbons (Fsp3) is 0.125. The van der Waals surface area contributed by atoms with Gasteiger partial charge in [-0.1, -0.05) is 12.1 Å². The molecule has 0 saturated carbocycles. The van der Waals surface area contributed by atoms with Crippen LogP contribution in [0, 0.1) is 0 Å². The van der Waals surface area contributed by atoms with Crippen LogP contribution >= 0.6 is 0 Å². The van der Waals surface area contributed by atoms with E-state index in [0.29, 0.717) is 16.8 Å². The summed E-state index contributed by atoms with van der Waals surface area (Å²) in [6.07, 6.45) is -0.754. The smallest absolute Gasteiger partial charge is 0.434 e. The van der Waals surface area contributed by atoms with E-state index >= 15 is 0 Å². The minimum absolute atomic E-state index is 0.0927. The molecule has 136 valence electrons. The average Bonchev–Trinajstić information content (AvgIpc) is 3.07. The Bertz CT molecular complexity index is 912. The highest BCUT2D eigenvalue weighted by Gasteiger charge is 2.35. The Morgan fingerprint density at radius 3 is 2.50 bits per heavy atom. The largest absolute Gasteiger partial charge is 0.750 e. The number of hydrogen-bond acceptors (Lipinski definition) is 5. The summed E-state index contributed by atoms with van der Waals surface area (Å²) >= 11 is -2.64. The molecular weight excluding hydrogens is 371 g/mol. The molecule has 3 aromatic rings. The van der Waals surface area contributed by atoms with Crippen LogP contribution in [0.1, 0.15) is 11.3 Å². The van der Waals surface area contributed by atoms with Gasteiger partial charge in [-0.15, -0.1) is 0 Å². The fourth-order valence-corrected chi connectivity index (χ4v) is 2.51. The van der Waals surface area contributed by atoms with Crippen molar-refractivity contribution in [2.45, 2.75) is 12.8 Å². The van der Waals surface area contributed by atoms with Gasteiger partial charge in [0.25, 0.3) is 0 Å². The van der Waals surface area contributed by atoms with Gasteiger partial charge in [-0.2, -0.15) is 13.2 Å². The van der Waals surface area contributed by atoms with Crippen LogP contribution in [0.15, 0.2) is 55.0 Å². The molecular formula is C16H11F3N3O3S-. The Kier molecular flexibility index (Phi) is 5.16. The Morgan fingerprint density at radius 1 is 1.19 bits per heavy atom. The molecule has 6 nitrogen and oxygen atoms in total. The minimum Gasteiger partial charge on any atom is -0.750 e. The van der Waals surface area contributed by atoms with Gasteiger partial charge in [0.1, 0.15) is 5.82 Å². The van der Waals surface area contributed by atoms with E-state index in [1.54, 1.807) is 36.4 Å². The molecule has 26 heavy (non-hydrogen) atoms. The van der Waals surface area contributed by atoms with Gasteiger partial charge >= 0.3 is 6.18 Å². The van der Waals surface area contributed by atoms with E-state index in [2.05, 4.69) is 14.2 Å². The summed E-state index contributed by atoms with van der Waals surface area (Å²) in [4.78, 5) is 7.61. The molecule has 0 saturated heterocycles. The first-order valence-electron chi connectivity index (χ1n) is 7.23. The van der Waals surface area contributed by atoms with E-state index in [-0.39, 0.29) is 12.4 Å². The van der Waals surface area contributed by atoms with E-state index in [4.69, 9.17) is 0 Å². The van der Waals surface area contributed by atoms with Crippen LogP contribution in [0.2, 0.25) is 0 Å². The molecule has 0 amide bonds. The zero-order valence-electron chi connectivity index (χ0n) is 13.0. The summed E-state index contributed by atoms with van der Waals surface area (Å²) in [5.41, 5.74) is 0.388. The van der Waals surface area contributed by atoms with Gasteiger partial charge < -0.3 is 4.55 Å². The number of pyridine rings is 1. The number of halogens is 3. The van der Waals surface area contributed by atoms with Crippen molar-refractivity contribution in [1.82, 2.24) is 14.5 Å². The molecule has 1 unspecified atom stereocenters. The van der Waals surface area contributed by atoms with Gasteiger partial charge in [0.05, 0.1) is 18.0 Å². The topological polar surface area (TPSA) is 80.1 Å². The van der Waals surface area contributed by atoms with Crippen molar-refractivity contribution in [1.29, 1.82) is 0 Å². The quantitative estimate of drug-likeness (QED) is 0.633. The average molecular weight is 382 g/mol. The number of benzene rings is 1. The second-order valence-corrected chi connectivity index (χ2v) is 5.84. The van der Waals surface area contributed by atoms with E-state index in [1.807, 2.05) is 0 Å². The van der Waals surface area contributed by atoms with E-state index in [0.717, 1.165) is 6.20 Å². The third-order valence-corrected chi connectivity index (χ3v) is 3.76. The Labute approximate surface area is 148 Å². The molecule has 0 fully saturated rings. The van der Waals surface area contributed by atoms with Crippen LogP contribution in [0.25, 0.3) is 17.1 Å². The lowest BCUT2D eigenvalue weighted by Gasteiger charge is -2.09. The summed E-state index contributed by atoms with van der Waals surface area (Å²) in [6, 6.07) is 9.43. The van der Waals surface area contributed by atoms with Crippen LogP contribution in [-0.4, -0.2) is 23.3 Å². The summed E-state index contributed by atoms with van der Waals surface area (Å²) < 4.78 is 65.8. The van der Waals surface area contributed by atoms with Crippen molar-refractivity contribution in [3.05, 3.63) is 66.2 Å².